The van der Waals surface area contributed by atoms with Crippen LogP contribution in [0.2, 0.25) is 0 Å². The molecule has 0 radical (unpaired) electrons. The van der Waals surface area contributed by atoms with Crippen LogP contribution in [0.5, 0.6) is 5.75 Å². The Hall–Kier alpha value is -4.75. The summed E-state index contributed by atoms with van der Waals surface area (Å²) in [7, 11) is 0. The molecule has 2 aliphatic rings. The Morgan fingerprint density at radius 1 is 0.763 bits per heavy atom. The molecule has 2 amide bonds. The fraction of sp³-hybridized carbons (Fsp3) is 0.129. The van der Waals surface area contributed by atoms with Crippen molar-refractivity contribution in [3.05, 3.63) is 126 Å². The van der Waals surface area contributed by atoms with E-state index in [1.54, 1.807) is 59.7 Å². The standard InChI is InChI=1S/C31H24N2O5/c1-20-9-8-14-24(19-20)32-29(34)26-27(33(38-28(26)30(32)35)23-12-6-3-7-13-23)21-15-17-25(18-16-21)37-31(36)22-10-4-2-5-11-22/h2-19,26-28H,1H3/t26-,27+,28-/m1/s1. The summed E-state index contributed by atoms with van der Waals surface area (Å²) in [6.07, 6.45) is -0.955. The van der Waals surface area contributed by atoms with E-state index in [1.807, 2.05) is 61.5 Å². The largest absolute Gasteiger partial charge is 0.423 e. The van der Waals surface area contributed by atoms with Gasteiger partial charge in [0.15, 0.2) is 6.10 Å². The number of fused-ring (bicyclic) bond motifs is 1. The highest BCUT2D eigenvalue weighted by Gasteiger charge is 2.60. The second kappa shape index (κ2) is 9.61. The molecule has 0 saturated carbocycles. The number of nitrogens with zero attached hydrogens (tertiary/aromatic N) is 2. The van der Waals surface area contributed by atoms with Crippen LogP contribution in [0.3, 0.4) is 0 Å². The summed E-state index contributed by atoms with van der Waals surface area (Å²) in [4.78, 5) is 47.1. The summed E-state index contributed by atoms with van der Waals surface area (Å²) in [5.41, 5.74) is 3.42. The minimum atomic E-state index is -0.955. The van der Waals surface area contributed by atoms with E-state index >= 15 is 0 Å². The molecule has 7 nitrogen and oxygen atoms in total. The van der Waals surface area contributed by atoms with E-state index in [1.165, 1.54) is 4.90 Å². The van der Waals surface area contributed by atoms with Crippen molar-refractivity contribution in [2.45, 2.75) is 19.1 Å². The van der Waals surface area contributed by atoms with Crippen molar-refractivity contribution < 1.29 is 24.0 Å². The number of benzene rings is 4. The number of hydrogen-bond donors (Lipinski definition) is 0. The summed E-state index contributed by atoms with van der Waals surface area (Å²) in [5, 5.41) is 1.64. The molecule has 0 aromatic heterocycles. The maximum absolute atomic E-state index is 13.8. The Kier molecular flexibility index (Phi) is 5.98. The first-order chi connectivity index (χ1) is 18.5. The van der Waals surface area contributed by atoms with E-state index in [-0.39, 0.29) is 11.8 Å². The van der Waals surface area contributed by atoms with E-state index in [0.29, 0.717) is 17.0 Å². The van der Waals surface area contributed by atoms with Gasteiger partial charge in [0, 0.05) is 0 Å². The quantitative estimate of drug-likeness (QED) is 0.210. The molecule has 2 fully saturated rings. The molecule has 188 valence electrons. The van der Waals surface area contributed by atoms with Crippen LogP contribution in [-0.4, -0.2) is 23.9 Å². The van der Waals surface area contributed by atoms with Crippen molar-refractivity contribution in [2.24, 2.45) is 5.92 Å². The lowest BCUT2D eigenvalue weighted by Crippen LogP contribution is -2.37. The van der Waals surface area contributed by atoms with Crippen LogP contribution < -0.4 is 14.7 Å². The number of rotatable bonds is 5. The lowest BCUT2D eigenvalue weighted by Gasteiger charge is -2.29. The molecule has 38 heavy (non-hydrogen) atoms. The molecule has 7 heteroatoms. The highest BCUT2D eigenvalue weighted by Crippen LogP contribution is 2.47. The van der Waals surface area contributed by atoms with E-state index in [2.05, 4.69) is 0 Å². The fourth-order valence-corrected chi connectivity index (χ4v) is 5.05. The van der Waals surface area contributed by atoms with Crippen LogP contribution in [0.15, 0.2) is 109 Å². The number of hydrogen-bond acceptors (Lipinski definition) is 6. The van der Waals surface area contributed by atoms with Gasteiger partial charge in [0.25, 0.3) is 5.91 Å². The number of ether oxygens (including phenoxy) is 1. The average Bonchev–Trinajstić information content (AvgIpc) is 3.45. The molecule has 2 heterocycles. The normalized spacial score (nSPS) is 20.5. The number of carbonyl (C=O) groups excluding carboxylic acids is 3. The van der Waals surface area contributed by atoms with Crippen LogP contribution in [0.4, 0.5) is 11.4 Å². The number of anilines is 2. The SMILES string of the molecule is Cc1cccc(N2C(=O)[C@H]3[C@@H](ON(c4ccccc4)[C@H]3c3ccc(OC(=O)c4ccccc4)cc3)C2=O)c1. The highest BCUT2D eigenvalue weighted by molar-refractivity contribution is 6.24. The van der Waals surface area contributed by atoms with Gasteiger partial charge in [-0.05, 0) is 66.6 Å². The molecule has 6 rings (SSSR count). The van der Waals surface area contributed by atoms with Gasteiger partial charge in [-0.15, -0.1) is 0 Å². The van der Waals surface area contributed by atoms with Gasteiger partial charge < -0.3 is 4.74 Å². The molecular formula is C31H24N2O5. The van der Waals surface area contributed by atoms with Crippen LogP contribution in [0, 0.1) is 12.8 Å². The fourth-order valence-electron chi connectivity index (χ4n) is 5.05. The van der Waals surface area contributed by atoms with Gasteiger partial charge in [0.2, 0.25) is 5.91 Å². The number of amides is 2. The number of imide groups is 1. The predicted octanol–water partition coefficient (Wildman–Crippen LogP) is 5.27. The number of esters is 1. The molecule has 4 aromatic carbocycles. The summed E-state index contributed by atoms with van der Waals surface area (Å²) in [5.74, 6) is -1.53. The highest BCUT2D eigenvalue weighted by atomic mass is 16.7. The monoisotopic (exact) mass is 504 g/mol. The average molecular weight is 505 g/mol. The topological polar surface area (TPSA) is 76.2 Å². The number of hydroxylamine groups is 1. The van der Waals surface area contributed by atoms with E-state index in [9.17, 15) is 14.4 Å². The molecule has 0 aliphatic carbocycles. The van der Waals surface area contributed by atoms with Gasteiger partial charge in [-0.3, -0.25) is 14.4 Å². The molecular weight excluding hydrogens is 480 g/mol. The van der Waals surface area contributed by atoms with Crippen molar-refractivity contribution in [3.8, 4) is 5.75 Å². The Morgan fingerprint density at radius 3 is 2.11 bits per heavy atom. The number of para-hydroxylation sites is 1. The third-order valence-corrected chi connectivity index (χ3v) is 6.83. The van der Waals surface area contributed by atoms with Gasteiger partial charge in [-0.2, -0.15) is 0 Å². The van der Waals surface area contributed by atoms with Crippen LogP contribution >= 0.6 is 0 Å². The summed E-state index contributed by atoms with van der Waals surface area (Å²) in [6, 6.07) is 31.8. The predicted molar refractivity (Wildman–Crippen MR) is 142 cm³/mol. The van der Waals surface area contributed by atoms with Crippen molar-refractivity contribution in [2.75, 3.05) is 9.96 Å². The molecule has 2 saturated heterocycles. The lowest BCUT2D eigenvalue weighted by atomic mass is 9.90. The van der Waals surface area contributed by atoms with Crippen LogP contribution in [0.1, 0.15) is 27.5 Å². The minimum Gasteiger partial charge on any atom is -0.423 e. The van der Waals surface area contributed by atoms with Gasteiger partial charge in [-0.25, -0.2) is 14.8 Å². The first-order valence-electron chi connectivity index (χ1n) is 12.3. The zero-order valence-corrected chi connectivity index (χ0v) is 20.6. The van der Waals surface area contributed by atoms with Crippen molar-refractivity contribution >= 4 is 29.2 Å². The van der Waals surface area contributed by atoms with Gasteiger partial charge in [0.05, 0.1) is 23.0 Å². The first-order valence-corrected chi connectivity index (χ1v) is 12.3. The van der Waals surface area contributed by atoms with E-state index in [4.69, 9.17) is 9.57 Å². The molecule has 3 atom stereocenters. The zero-order chi connectivity index (χ0) is 26.2. The van der Waals surface area contributed by atoms with Crippen molar-refractivity contribution in [3.63, 3.8) is 0 Å². The molecule has 2 aliphatic heterocycles. The van der Waals surface area contributed by atoms with Crippen LogP contribution in [0.25, 0.3) is 0 Å². The van der Waals surface area contributed by atoms with Gasteiger partial charge in [-0.1, -0.05) is 60.7 Å². The Morgan fingerprint density at radius 2 is 1.42 bits per heavy atom. The molecule has 0 bridgehead atoms. The maximum atomic E-state index is 13.8. The lowest BCUT2D eigenvalue weighted by molar-refractivity contribution is -0.126. The van der Waals surface area contributed by atoms with Gasteiger partial charge in [0.1, 0.15) is 11.7 Å². The van der Waals surface area contributed by atoms with E-state index < -0.39 is 24.0 Å². The van der Waals surface area contributed by atoms with E-state index in [0.717, 1.165) is 16.8 Å². The minimum absolute atomic E-state index is 0.311. The molecule has 0 spiro atoms. The summed E-state index contributed by atoms with van der Waals surface area (Å²) >= 11 is 0. The van der Waals surface area contributed by atoms with Gasteiger partial charge >= 0.3 is 5.97 Å². The number of aryl methyl sites for hydroxylation is 1. The third-order valence-electron chi connectivity index (χ3n) is 6.83. The summed E-state index contributed by atoms with van der Waals surface area (Å²) < 4.78 is 5.53. The smallest absolute Gasteiger partial charge is 0.343 e. The third kappa shape index (κ3) is 4.13. The van der Waals surface area contributed by atoms with Crippen molar-refractivity contribution in [1.82, 2.24) is 0 Å². The van der Waals surface area contributed by atoms with Crippen LogP contribution in [-0.2, 0) is 14.4 Å². The Bertz CT molecular complexity index is 1500. The number of carbonyl (C=O) groups is 3. The molecule has 0 N–H and O–H groups in total. The Balaban J connectivity index is 1.33. The second-order valence-corrected chi connectivity index (χ2v) is 9.33. The maximum Gasteiger partial charge on any atom is 0.343 e. The van der Waals surface area contributed by atoms with Crippen molar-refractivity contribution in [1.29, 1.82) is 0 Å². The summed E-state index contributed by atoms with van der Waals surface area (Å²) in [6.45, 7) is 1.91. The molecule has 4 aromatic rings. The first kappa shape index (κ1) is 23.6. The Labute approximate surface area is 219 Å². The zero-order valence-electron chi connectivity index (χ0n) is 20.6. The second-order valence-electron chi connectivity index (χ2n) is 9.33. The molecule has 0 unspecified atom stereocenters.